The Kier molecular flexibility index (Phi) is 6.26. The molecule has 0 radical (unpaired) electrons. The molecule has 2 heterocycles. The molecule has 0 bridgehead atoms. The molecule has 2 aromatic heterocycles. The van der Waals surface area contributed by atoms with Crippen molar-refractivity contribution in [3.63, 3.8) is 0 Å². The molecule has 3 aromatic rings. The van der Waals surface area contributed by atoms with Gasteiger partial charge < -0.3 is 4.74 Å². The Morgan fingerprint density at radius 3 is 2.92 bits per heavy atom. The summed E-state index contributed by atoms with van der Waals surface area (Å²) in [5.41, 5.74) is 0.749. The smallest absolute Gasteiger partial charge is 0.262 e. The van der Waals surface area contributed by atoms with Crippen LogP contribution >= 0.6 is 11.8 Å². The molecule has 0 saturated heterocycles. The predicted octanol–water partition coefficient (Wildman–Crippen LogP) is 2.87. The van der Waals surface area contributed by atoms with Crippen LogP contribution in [0.1, 0.15) is 26.2 Å². The molecular formula is C18H21N5O2S. The fraction of sp³-hybridized carbons (Fsp3) is 0.444. The zero-order valence-corrected chi connectivity index (χ0v) is 15.5. The first kappa shape index (κ1) is 18.4. The Morgan fingerprint density at radius 2 is 2.12 bits per heavy atom. The molecule has 0 N–H and O–H groups in total. The standard InChI is InChI=1S/C18H21N5O2S/c1-2-25-12-7-11-22-16(24)14-8-3-4-9-15(14)23-17(22)20-21-18(23)26-13-6-5-10-19/h3-4,8-9H,2,5-7,11-13H2,1H3. The summed E-state index contributed by atoms with van der Waals surface area (Å²) >= 11 is 1.56. The van der Waals surface area contributed by atoms with Gasteiger partial charge in [-0.1, -0.05) is 23.9 Å². The van der Waals surface area contributed by atoms with Crippen molar-refractivity contribution in [1.29, 1.82) is 5.26 Å². The summed E-state index contributed by atoms with van der Waals surface area (Å²) in [5.74, 6) is 1.33. The lowest BCUT2D eigenvalue weighted by atomic mass is 10.2. The SMILES string of the molecule is CCOCCCn1c(=O)c2ccccc2n2c(SCCCC#N)nnc12. The van der Waals surface area contributed by atoms with Crippen LogP contribution in [0, 0.1) is 11.3 Å². The van der Waals surface area contributed by atoms with E-state index in [1.54, 1.807) is 16.3 Å². The normalized spacial score (nSPS) is 11.2. The molecule has 26 heavy (non-hydrogen) atoms. The van der Waals surface area contributed by atoms with Crippen molar-refractivity contribution < 1.29 is 4.74 Å². The third kappa shape index (κ3) is 3.74. The number of aromatic nitrogens is 4. The lowest BCUT2D eigenvalue weighted by Gasteiger charge is -2.11. The number of ether oxygens (including phenoxy) is 1. The quantitative estimate of drug-likeness (QED) is 0.425. The van der Waals surface area contributed by atoms with Crippen molar-refractivity contribution in [1.82, 2.24) is 19.2 Å². The molecule has 7 nitrogen and oxygen atoms in total. The van der Waals surface area contributed by atoms with E-state index >= 15 is 0 Å². The monoisotopic (exact) mass is 371 g/mol. The van der Waals surface area contributed by atoms with Crippen LogP contribution in [0.3, 0.4) is 0 Å². The number of thioether (sulfide) groups is 1. The van der Waals surface area contributed by atoms with Gasteiger partial charge in [-0.05, 0) is 31.9 Å². The van der Waals surface area contributed by atoms with E-state index in [1.807, 2.05) is 35.6 Å². The predicted molar refractivity (Wildman–Crippen MR) is 101 cm³/mol. The zero-order valence-electron chi connectivity index (χ0n) is 14.7. The van der Waals surface area contributed by atoms with Crippen LogP contribution in [0.25, 0.3) is 16.7 Å². The van der Waals surface area contributed by atoms with Crippen LogP contribution < -0.4 is 5.56 Å². The maximum Gasteiger partial charge on any atom is 0.262 e. The average Bonchev–Trinajstić information content (AvgIpc) is 3.08. The fourth-order valence-electron chi connectivity index (χ4n) is 2.81. The van der Waals surface area contributed by atoms with Gasteiger partial charge in [-0.25, -0.2) is 0 Å². The van der Waals surface area contributed by atoms with Crippen molar-refractivity contribution in [2.75, 3.05) is 19.0 Å². The number of rotatable bonds is 9. The number of nitriles is 1. The number of unbranched alkanes of at least 4 members (excludes halogenated alkanes) is 1. The van der Waals surface area contributed by atoms with E-state index in [9.17, 15) is 4.79 Å². The van der Waals surface area contributed by atoms with Crippen LogP contribution in [-0.2, 0) is 11.3 Å². The Labute approximate surface area is 155 Å². The number of para-hydroxylation sites is 1. The first-order valence-electron chi connectivity index (χ1n) is 8.72. The molecule has 3 rings (SSSR count). The highest BCUT2D eigenvalue weighted by molar-refractivity contribution is 7.99. The number of benzene rings is 1. The number of nitrogens with zero attached hydrogens (tertiary/aromatic N) is 5. The third-order valence-electron chi connectivity index (χ3n) is 4.02. The van der Waals surface area contributed by atoms with Gasteiger partial charge in [-0.2, -0.15) is 5.26 Å². The molecule has 136 valence electrons. The second-order valence-electron chi connectivity index (χ2n) is 5.75. The minimum absolute atomic E-state index is 0.0574. The molecule has 1 aromatic carbocycles. The molecule has 0 unspecified atom stereocenters. The second-order valence-corrected chi connectivity index (χ2v) is 6.81. The summed E-state index contributed by atoms with van der Waals surface area (Å²) in [6.45, 7) is 3.75. The number of hydrogen-bond donors (Lipinski definition) is 0. The molecule has 0 aliphatic carbocycles. The minimum Gasteiger partial charge on any atom is -0.382 e. The fourth-order valence-corrected chi connectivity index (χ4v) is 3.69. The van der Waals surface area contributed by atoms with Crippen molar-refractivity contribution in [3.05, 3.63) is 34.6 Å². The summed E-state index contributed by atoms with van der Waals surface area (Å²) in [4.78, 5) is 12.9. The van der Waals surface area contributed by atoms with Crippen LogP contribution in [0.2, 0.25) is 0 Å². The van der Waals surface area contributed by atoms with E-state index in [1.165, 1.54) is 0 Å². The van der Waals surface area contributed by atoms with Gasteiger partial charge in [0.25, 0.3) is 5.56 Å². The Bertz CT molecular complexity index is 989. The Morgan fingerprint density at radius 1 is 1.27 bits per heavy atom. The number of fused-ring (bicyclic) bond motifs is 3. The van der Waals surface area contributed by atoms with E-state index < -0.39 is 0 Å². The lowest BCUT2D eigenvalue weighted by molar-refractivity contribution is 0.141. The Hall–Kier alpha value is -2.37. The highest BCUT2D eigenvalue weighted by atomic mass is 32.2. The highest BCUT2D eigenvalue weighted by Gasteiger charge is 2.16. The summed E-state index contributed by atoms with van der Waals surface area (Å²) in [7, 11) is 0. The first-order chi connectivity index (χ1) is 12.8. The van der Waals surface area contributed by atoms with Crippen molar-refractivity contribution in [3.8, 4) is 6.07 Å². The van der Waals surface area contributed by atoms with Crippen LogP contribution in [0.15, 0.2) is 34.2 Å². The van der Waals surface area contributed by atoms with Crippen molar-refractivity contribution >= 4 is 28.4 Å². The maximum atomic E-state index is 12.9. The van der Waals surface area contributed by atoms with E-state index in [0.717, 1.165) is 29.3 Å². The third-order valence-corrected chi connectivity index (χ3v) is 5.03. The maximum absolute atomic E-state index is 12.9. The minimum atomic E-state index is -0.0574. The molecular weight excluding hydrogens is 350 g/mol. The Balaban J connectivity index is 2.03. The molecule has 0 amide bonds. The summed E-state index contributed by atoms with van der Waals surface area (Å²) in [6, 6.07) is 9.67. The van der Waals surface area contributed by atoms with Gasteiger partial charge in [0.05, 0.1) is 17.0 Å². The molecule has 8 heteroatoms. The van der Waals surface area contributed by atoms with Crippen LogP contribution in [-0.4, -0.2) is 38.1 Å². The van der Waals surface area contributed by atoms with Crippen molar-refractivity contribution in [2.45, 2.75) is 37.9 Å². The molecule has 0 spiro atoms. The van der Waals surface area contributed by atoms with Crippen LogP contribution in [0.4, 0.5) is 0 Å². The van der Waals surface area contributed by atoms with Gasteiger partial charge >= 0.3 is 0 Å². The zero-order chi connectivity index (χ0) is 18.4. The molecule has 0 fully saturated rings. The molecule has 0 aliphatic heterocycles. The van der Waals surface area contributed by atoms with Gasteiger partial charge in [0.15, 0.2) is 5.16 Å². The summed E-state index contributed by atoms with van der Waals surface area (Å²) in [5, 5.41) is 18.6. The first-order valence-corrected chi connectivity index (χ1v) is 9.70. The summed E-state index contributed by atoms with van der Waals surface area (Å²) in [6.07, 6.45) is 2.05. The van der Waals surface area contributed by atoms with E-state index in [2.05, 4.69) is 16.3 Å². The highest BCUT2D eigenvalue weighted by Crippen LogP contribution is 2.22. The number of hydrogen-bond acceptors (Lipinski definition) is 6. The number of aryl methyl sites for hydroxylation is 1. The van der Waals surface area contributed by atoms with Crippen molar-refractivity contribution in [2.24, 2.45) is 0 Å². The van der Waals surface area contributed by atoms with E-state index in [4.69, 9.17) is 10.00 Å². The van der Waals surface area contributed by atoms with Gasteiger partial charge in [0.2, 0.25) is 5.78 Å². The molecule has 0 saturated carbocycles. The average molecular weight is 371 g/mol. The van der Waals surface area contributed by atoms with Gasteiger partial charge in [-0.3, -0.25) is 13.8 Å². The summed E-state index contributed by atoms with van der Waals surface area (Å²) < 4.78 is 9.00. The van der Waals surface area contributed by atoms with Gasteiger partial charge in [0, 0.05) is 31.9 Å². The van der Waals surface area contributed by atoms with Gasteiger partial charge in [-0.15, -0.1) is 10.2 Å². The second kappa shape index (κ2) is 8.83. The molecule has 0 atom stereocenters. The molecule has 0 aliphatic rings. The van der Waals surface area contributed by atoms with E-state index in [-0.39, 0.29) is 5.56 Å². The largest absolute Gasteiger partial charge is 0.382 e. The van der Waals surface area contributed by atoms with E-state index in [0.29, 0.717) is 37.3 Å². The topological polar surface area (TPSA) is 85.2 Å². The van der Waals surface area contributed by atoms with Gasteiger partial charge in [0.1, 0.15) is 0 Å². The lowest BCUT2D eigenvalue weighted by Crippen LogP contribution is -2.24. The van der Waals surface area contributed by atoms with Crippen LogP contribution in [0.5, 0.6) is 0 Å².